The highest BCUT2D eigenvalue weighted by molar-refractivity contribution is 6.37. The molecule has 1 saturated heterocycles. The maximum Gasteiger partial charge on any atom is 0.408 e. The van der Waals surface area contributed by atoms with Gasteiger partial charge in [0.1, 0.15) is 6.61 Å². The molecule has 140 valence electrons. The first-order valence-corrected chi connectivity index (χ1v) is 8.70. The van der Waals surface area contributed by atoms with E-state index in [0.717, 1.165) is 5.56 Å². The molecule has 0 aromatic heterocycles. The van der Waals surface area contributed by atoms with Crippen molar-refractivity contribution in [1.29, 1.82) is 0 Å². The number of amides is 2. The summed E-state index contributed by atoms with van der Waals surface area (Å²) in [5.74, 6) is -2.28. The minimum Gasteiger partial charge on any atom is -0.445 e. The molecule has 0 spiro atoms. The molecule has 26 heavy (non-hydrogen) atoms. The number of ketones is 2. The smallest absolute Gasteiger partial charge is 0.408 e. The van der Waals surface area contributed by atoms with E-state index >= 15 is 0 Å². The van der Waals surface area contributed by atoms with Gasteiger partial charge in [0, 0.05) is 18.9 Å². The maximum absolute atomic E-state index is 12.6. The zero-order valence-electron chi connectivity index (χ0n) is 15.0. The number of carbonyl (C=O) groups excluding carboxylic acids is 4. The molecule has 2 unspecified atom stereocenters. The van der Waals surface area contributed by atoms with E-state index in [2.05, 4.69) is 10.6 Å². The van der Waals surface area contributed by atoms with E-state index in [0.29, 0.717) is 13.0 Å². The Morgan fingerprint density at radius 1 is 1.23 bits per heavy atom. The van der Waals surface area contributed by atoms with Crippen molar-refractivity contribution < 1.29 is 23.9 Å². The van der Waals surface area contributed by atoms with Crippen LogP contribution in [0.25, 0.3) is 0 Å². The Bertz CT molecular complexity index is 672. The van der Waals surface area contributed by atoms with Gasteiger partial charge in [-0.2, -0.15) is 0 Å². The summed E-state index contributed by atoms with van der Waals surface area (Å²) in [7, 11) is 0. The number of alkyl carbamates (subject to hydrolysis) is 1. The Balaban J connectivity index is 1.90. The zero-order valence-corrected chi connectivity index (χ0v) is 15.0. The van der Waals surface area contributed by atoms with Gasteiger partial charge in [0.05, 0.1) is 6.04 Å². The molecule has 2 atom stereocenters. The zero-order chi connectivity index (χ0) is 19.1. The summed E-state index contributed by atoms with van der Waals surface area (Å²) >= 11 is 0. The molecule has 1 heterocycles. The number of rotatable bonds is 7. The Morgan fingerprint density at radius 3 is 2.58 bits per heavy atom. The number of hydrogen-bond donors (Lipinski definition) is 2. The molecule has 1 aliphatic rings. The van der Waals surface area contributed by atoms with Crippen LogP contribution in [-0.2, 0) is 25.7 Å². The Kier molecular flexibility index (Phi) is 6.89. The summed E-state index contributed by atoms with van der Waals surface area (Å²) < 4.78 is 5.15. The van der Waals surface area contributed by atoms with E-state index in [4.69, 9.17) is 4.74 Å². The number of hydrogen-bond acceptors (Lipinski definition) is 5. The molecular weight excluding hydrogens is 336 g/mol. The van der Waals surface area contributed by atoms with Gasteiger partial charge in [-0.1, -0.05) is 44.2 Å². The van der Waals surface area contributed by atoms with Crippen molar-refractivity contribution in [3.05, 3.63) is 35.9 Å². The summed E-state index contributed by atoms with van der Waals surface area (Å²) in [6, 6.07) is 8.44. The topological polar surface area (TPSA) is 102 Å². The maximum atomic E-state index is 12.6. The molecular formula is C19H24N2O5. The van der Waals surface area contributed by atoms with Crippen LogP contribution in [0.3, 0.4) is 0 Å². The number of nitrogens with one attached hydrogen (secondary N) is 2. The van der Waals surface area contributed by atoms with E-state index in [-0.39, 0.29) is 24.7 Å². The average molecular weight is 360 g/mol. The Hall–Kier alpha value is -2.70. The fraction of sp³-hybridized carbons (Fsp3) is 0.474. The van der Waals surface area contributed by atoms with Gasteiger partial charge in [0.15, 0.2) is 5.78 Å². The standard InChI is InChI=1S/C19H24N2O5/c1-12(2)16(15(22)10-14-8-9-20-18(24)17(14)23)21-19(25)26-11-13-6-4-3-5-7-13/h3-7,12,14,16H,8-11H2,1-2H3,(H,20,24)(H,21,25). The lowest BCUT2D eigenvalue weighted by Gasteiger charge is -2.25. The lowest BCUT2D eigenvalue weighted by atomic mass is 9.87. The SMILES string of the molecule is CC(C)C(NC(=O)OCc1ccccc1)C(=O)CC1CCNC(=O)C1=O. The summed E-state index contributed by atoms with van der Waals surface area (Å²) in [5, 5.41) is 5.04. The third kappa shape index (κ3) is 5.40. The van der Waals surface area contributed by atoms with Crippen molar-refractivity contribution in [3.63, 3.8) is 0 Å². The molecule has 0 radical (unpaired) electrons. The fourth-order valence-electron chi connectivity index (χ4n) is 2.84. The van der Waals surface area contributed by atoms with E-state index in [1.807, 2.05) is 30.3 Å². The van der Waals surface area contributed by atoms with Crippen molar-refractivity contribution >= 4 is 23.6 Å². The van der Waals surface area contributed by atoms with Crippen LogP contribution >= 0.6 is 0 Å². The van der Waals surface area contributed by atoms with E-state index in [1.54, 1.807) is 13.8 Å². The minimum absolute atomic E-state index is 0.0614. The van der Waals surface area contributed by atoms with Gasteiger partial charge >= 0.3 is 6.09 Å². The van der Waals surface area contributed by atoms with Gasteiger partial charge in [-0.3, -0.25) is 14.4 Å². The molecule has 1 aromatic carbocycles. The van der Waals surface area contributed by atoms with Crippen molar-refractivity contribution in [2.75, 3.05) is 6.54 Å². The van der Waals surface area contributed by atoms with Crippen molar-refractivity contribution in [2.24, 2.45) is 11.8 Å². The summed E-state index contributed by atoms with van der Waals surface area (Å²) in [6.07, 6.45) is -0.318. The molecule has 2 amide bonds. The monoisotopic (exact) mass is 360 g/mol. The van der Waals surface area contributed by atoms with Gasteiger partial charge in [-0.25, -0.2) is 4.79 Å². The van der Waals surface area contributed by atoms with Crippen LogP contribution in [0.1, 0.15) is 32.3 Å². The molecule has 7 heteroatoms. The van der Waals surface area contributed by atoms with E-state index < -0.39 is 29.7 Å². The number of ether oxygens (including phenoxy) is 1. The van der Waals surface area contributed by atoms with Crippen LogP contribution in [0.5, 0.6) is 0 Å². The highest BCUT2D eigenvalue weighted by Crippen LogP contribution is 2.17. The second-order valence-electron chi connectivity index (χ2n) is 6.70. The van der Waals surface area contributed by atoms with Crippen molar-refractivity contribution in [3.8, 4) is 0 Å². The molecule has 1 aliphatic heterocycles. The summed E-state index contributed by atoms with van der Waals surface area (Å²) in [6.45, 7) is 4.08. The lowest BCUT2D eigenvalue weighted by Crippen LogP contribution is -2.48. The van der Waals surface area contributed by atoms with Crippen LogP contribution in [0, 0.1) is 11.8 Å². The fourth-order valence-corrected chi connectivity index (χ4v) is 2.84. The highest BCUT2D eigenvalue weighted by atomic mass is 16.5. The average Bonchev–Trinajstić information content (AvgIpc) is 2.62. The molecule has 1 fully saturated rings. The molecule has 2 rings (SSSR count). The van der Waals surface area contributed by atoms with Gasteiger partial charge in [0.25, 0.3) is 5.91 Å². The van der Waals surface area contributed by atoms with Crippen molar-refractivity contribution in [2.45, 2.75) is 39.3 Å². The minimum atomic E-state index is -0.768. The number of benzene rings is 1. The highest BCUT2D eigenvalue weighted by Gasteiger charge is 2.34. The van der Waals surface area contributed by atoms with Crippen LogP contribution in [0.15, 0.2) is 30.3 Å². The van der Waals surface area contributed by atoms with E-state index in [1.165, 1.54) is 0 Å². The van der Waals surface area contributed by atoms with Crippen LogP contribution < -0.4 is 10.6 Å². The first kappa shape index (κ1) is 19.6. The number of carbonyl (C=O) groups is 4. The normalized spacial score (nSPS) is 18.2. The second kappa shape index (κ2) is 9.12. The predicted molar refractivity (Wildman–Crippen MR) is 94.1 cm³/mol. The predicted octanol–water partition coefficient (Wildman–Crippen LogP) is 1.60. The number of Topliss-reactive ketones (excluding diaryl/α,β-unsaturated/α-hetero) is 2. The van der Waals surface area contributed by atoms with Crippen molar-refractivity contribution in [1.82, 2.24) is 10.6 Å². The number of piperidine rings is 1. The largest absolute Gasteiger partial charge is 0.445 e. The van der Waals surface area contributed by atoms with Gasteiger partial charge < -0.3 is 15.4 Å². The molecule has 7 nitrogen and oxygen atoms in total. The summed E-state index contributed by atoms with van der Waals surface area (Å²) in [5.41, 5.74) is 0.842. The second-order valence-corrected chi connectivity index (χ2v) is 6.70. The van der Waals surface area contributed by atoms with E-state index in [9.17, 15) is 19.2 Å². The lowest BCUT2D eigenvalue weighted by molar-refractivity contribution is -0.143. The van der Waals surface area contributed by atoms with Crippen LogP contribution in [0.4, 0.5) is 4.79 Å². The van der Waals surface area contributed by atoms with Gasteiger partial charge in [0.2, 0.25) is 5.78 Å². The Morgan fingerprint density at radius 2 is 1.92 bits per heavy atom. The van der Waals surface area contributed by atoms with Crippen LogP contribution in [-0.4, -0.2) is 36.2 Å². The quantitative estimate of drug-likeness (QED) is 0.719. The Labute approximate surface area is 152 Å². The van der Waals surface area contributed by atoms with Crippen LogP contribution in [0.2, 0.25) is 0 Å². The summed E-state index contributed by atoms with van der Waals surface area (Å²) in [4.78, 5) is 47.9. The third-order valence-corrected chi connectivity index (χ3v) is 4.32. The molecule has 1 aromatic rings. The first-order chi connectivity index (χ1) is 12.4. The molecule has 2 N–H and O–H groups in total. The molecule has 0 saturated carbocycles. The first-order valence-electron chi connectivity index (χ1n) is 8.70. The molecule has 0 aliphatic carbocycles. The molecule has 0 bridgehead atoms. The van der Waals surface area contributed by atoms with Gasteiger partial charge in [-0.15, -0.1) is 0 Å². The van der Waals surface area contributed by atoms with Gasteiger partial charge in [-0.05, 0) is 17.9 Å². The third-order valence-electron chi connectivity index (χ3n) is 4.32.